The van der Waals surface area contributed by atoms with Gasteiger partial charge < -0.3 is 23.8 Å². The summed E-state index contributed by atoms with van der Waals surface area (Å²) in [7, 11) is 1.56. The number of carbonyl (C=O) groups is 2. The zero-order chi connectivity index (χ0) is 28.6. The van der Waals surface area contributed by atoms with E-state index >= 15 is 0 Å². The topological polar surface area (TPSA) is 123 Å². The van der Waals surface area contributed by atoms with Crippen LogP contribution in [0.2, 0.25) is 0 Å². The lowest BCUT2D eigenvalue weighted by molar-refractivity contribution is -0.255. The third kappa shape index (κ3) is 5.13. The molecule has 0 saturated heterocycles. The maximum absolute atomic E-state index is 13.8. The minimum atomic E-state index is -1.28. The van der Waals surface area contributed by atoms with Crippen LogP contribution in [0.5, 0.6) is 5.75 Å². The van der Waals surface area contributed by atoms with E-state index in [1.165, 1.54) is 28.0 Å². The highest BCUT2D eigenvalue weighted by atomic mass is 32.1. The summed E-state index contributed by atoms with van der Waals surface area (Å²) in [6.45, 7) is 5.25. The largest absolute Gasteiger partial charge is 0.545 e. The van der Waals surface area contributed by atoms with Gasteiger partial charge in [0.25, 0.3) is 5.56 Å². The van der Waals surface area contributed by atoms with Crippen molar-refractivity contribution in [2.75, 3.05) is 7.11 Å². The smallest absolute Gasteiger partial charge is 0.338 e. The first-order valence-electron chi connectivity index (χ1n) is 12.5. The van der Waals surface area contributed by atoms with Gasteiger partial charge in [0.15, 0.2) is 4.80 Å². The van der Waals surface area contributed by atoms with Gasteiger partial charge in [-0.25, -0.2) is 9.79 Å². The molecule has 0 spiro atoms. The summed E-state index contributed by atoms with van der Waals surface area (Å²) in [5, 5.41) is 11.2. The van der Waals surface area contributed by atoms with E-state index in [2.05, 4.69) is 4.99 Å². The van der Waals surface area contributed by atoms with E-state index in [1.807, 2.05) is 12.1 Å². The standard InChI is InChI=1S/C30H26N2O7S/c1-16(2)38-29(36)25-17(3)31-30-32(26(25)18-8-10-21(37-4)11-9-18)27(33)24(40-30)15-22-12-13-23(39-22)19-6-5-7-20(14-19)28(34)35/h5-16,26H,1-4H3,(H,34,35)/p-1/b24-15-/t26-/m1/s1. The summed E-state index contributed by atoms with van der Waals surface area (Å²) in [6, 6.07) is 16.0. The molecule has 2 aromatic carbocycles. The van der Waals surface area contributed by atoms with Crippen molar-refractivity contribution in [2.24, 2.45) is 4.99 Å². The summed E-state index contributed by atoms with van der Waals surface area (Å²) in [5.74, 6) is -0.348. The van der Waals surface area contributed by atoms with Crippen molar-refractivity contribution in [2.45, 2.75) is 32.9 Å². The van der Waals surface area contributed by atoms with Gasteiger partial charge in [-0.3, -0.25) is 9.36 Å². The van der Waals surface area contributed by atoms with Crippen molar-refractivity contribution < 1.29 is 28.6 Å². The highest BCUT2D eigenvalue weighted by Crippen LogP contribution is 2.32. The summed E-state index contributed by atoms with van der Waals surface area (Å²) in [6.07, 6.45) is 1.25. The second kappa shape index (κ2) is 10.8. The summed E-state index contributed by atoms with van der Waals surface area (Å²) >= 11 is 1.18. The number of allylic oxidation sites excluding steroid dienone is 1. The SMILES string of the molecule is COc1ccc([C@@H]2C(C(=O)OC(C)C)=C(C)N=c3s/c(=C\c4ccc(-c5cccc(C(=O)[O-])c5)o4)c(=O)n32)cc1. The normalized spacial score (nSPS) is 15.1. The van der Waals surface area contributed by atoms with Crippen LogP contribution in [0.25, 0.3) is 17.4 Å². The minimum absolute atomic E-state index is 0.0319. The Hall–Kier alpha value is -4.70. The summed E-state index contributed by atoms with van der Waals surface area (Å²) in [5.41, 5.74) is 1.70. The van der Waals surface area contributed by atoms with E-state index in [-0.39, 0.29) is 22.8 Å². The second-order valence-corrected chi connectivity index (χ2v) is 10.4. The molecule has 2 aromatic heterocycles. The second-order valence-electron chi connectivity index (χ2n) is 9.38. The third-order valence-electron chi connectivity index (χ3n) is 6.30. The predicted octanol–water partition coefficient (Wildman–Crippen LogP) is 2.82. The van der Waals surface area contributed by atoms with Gasteiger partial charge in [0.1, 0.15) is 17.3 Å². The first-order valence-corrected chi connectivity index (χ1v) is 13.3. The first kappa shape index (κ1) is 26.9. The molecule has 5 rings (SSSR count). The van der Waals surface area contributed by atoms with E-state index < -0.39 is 18.0 Å². The molecule has 1 aliphatic rings. The van der Waals surface area contributed by atoms with E-state index in [0.29, 0.717) is 43.4 Å². The molecule has 3 heterocycles. The van der Waals surface area contributed by atoms with Crippen LogP contribution < -0.4 is 24.7 Å². The maximum atomic E-state index is 13.8. The molecule has 10 heteroatoms. The monoisotopic (exact) mass is 557 g/mol. The molecule has 0 radical (unpaired) electrons. The van der Waals surface area contributed by atoms with Gasteiger partial charge in [-0.15, -0.1) is 0 Å². The number of rotatable bonds is 7. The molecule has 204 valence electrons. The average Bonchev–Trinajstić information content (AvgIpc) is 3.52. The molecule has 40 heavy (non-hydrogen) atoms. The number of ether oxygens (including phenoxy) is 2. The molecule has 0 bridgehead atoms. The van der Waals surface area contributed by atoms with Crippen molar-refractivity contribution in [3.05, 3.63) is 109 Å². The highest BCUT2D eigenvalue weighted by Gasteiger charge is 2.33. The Kier molecular flexibility index (Phi) is 7.27. The Bertz CT molecular complexity index is 1820. The van der Waals surface area contributed by atoms with Crippen LogP contribution in [0.1, 0.15) is 48.5 Å². The molecular formula is C30H25N2O7S-. The van der Waals surface area contributed by atoms with Crippen molar-refractivity contribution >= 4 is 29.4 Å². The van der Waals surface area contributed by atoms with Crippen LogP contribution in [0.3, 0.4) is 0 Å². The van der Waals surface area contributed by atoms with Crippen molar-refractivity contribution in [1.29, 1.82) is 0 Å². The number of aromatic nitrogens is 1. The number of carboxylic acids is 1. The number of hydrogen-bond acceptors (Lipinski definition) is 9. The molecule has 9 nitrogen and oxygen atoms in total. The Balaban J connectivity index is 1.61. The highest BCUT2D eigenvalue weighted by molar-refractivity contribution is 7.07. The third-order valence-corrected chi connectivity index (χ3v) is 7.28. The fourth-order valence-electron chi connectivity index (χ4n) is 4.48. The number of thiazole rings is 1. The Morgan fingerprint density at radius 2 is 1.88 bits per heavy atom. The number of hydrogen-bond donors (Lipinski definition) is 0. The summed E-state index contributed by atoms with van der Waals surface area (Å²) in [4.78, 5) is 43.3. The molecule has 0 fully saturated rings. The van der Waals surface area contributed by atoms with Crippen LogP contribution in [0, 0.1) is 0 Å². The van der Waals surface area contributed by atoms with Crippen LogP contribution >= 0.6 is 11.3 Å². The van der Waals surface area contributed by atoms with Gasteiger partial charge in [0.2, 0.25) is 0 Å². The number of esters is 1. The molecule has 0 aliphatic carbocycles. The van der Waals surface area contributed by atoms with E-state index in [0.717, 1.165) is 0 Å². The van der Waals surface area contributed by atoms with Gasteiger partial charge in [-0.2, -0.15) is 0 Å². The fourth-order valence-corrected chi connectivity index (χ4v) is 5.50. The Labute approximate surface area is 232 Å². The lowest BCUT2D eigenvalue weighted by Crippen LogP contribution is -2.40. The predicted molar refractivity (Wildman–Crippen MR) is 146 cm³/mol. The van der Waals surface area contributed by atoms with Crippen molar-refractivity contribution in [3.8, 4) is 17.1 Å². The first-order chi connectivity index (χ1) is 19.2. The minimum Gasteiger partial charge on any atom is -0.545 e. The lowest BCUT2D eigenvalue weighted by Gasteiger charge is -2.25. The number of aromatic carboxylic acids is 1. The van der Waals surface area contributed by atoms with Crippen LogP contribution in [-0.2, 0) is 9.53 Å². The van der Waals surface area contributed by atoms with Crippen molar-refractivity contribution in [1.82, 2.24) is 4.57 Å². The molecular weight excluding hydrogens is 532 g/mol. The molecule has 1 atom stereocenters. The number of nitrogens with zero attached hydrogens (tertiary/aromatic N) is 2. The number of benzene rings is 2. The van der Waals surface area contributed by atoms with E-state index in [4.69, 9.17) is 13.9 Å². The van der Waals surface area contributed by atoms with Gasteiger partial charge >= 0.3 is 5.97 Å². The van der Waals surface area contributed by atoms with Gasteiger partial charge in [-0.05, 0) is 62.2 Å². The number of furan rings is 1. The molecule has 4 aromatic rings. The molecule has 0 N–H and O–H groups in total. The number of carboxylic acid groups (broad SMARTS) is 1. The van der Waals surface area contributed by atoms with Gasteiger partial charge in [-0.1, -0.05) is 41.7 Å². The summed E-state index contributed by atoms with van der Waals surface area (Å²) < 4.78 is 18.6. The quantitative estimate of drug-likeness (QED) is 0.320. The van der Waals surface area contributed by atoms with Crippen molar-refractivity contribution in [3.63, 3.8) is 0 Å². The zero-order valence-electron chi connectivity index (χ0n) is 22.2. The molecule has 1 aliphatic heterocycles. The maximum Gasteiger partial charge on any atom is 0.338 e. The van der Waals surface area contributed by atoms with Crippen LogP contribution in [0.4, 0.5) is 0 Å². The molecule has 0 unspecified atom stereocenters. The fraction of sp³-hybridized carbons (Fsp3) is 0.200. The average molecular weight is 558 g/mol. The van der Waals surface area contributed by atoms with Crippen LogP contribution in [0.15, 0.2) is 86.1 Å². The molecule has 0 saturated carbocycles. The number of carbonyl (C=O) groups excluding carboxylic acids is 2. The number of fused-ring (bicyclic) bond motifs is 1. The van der Waals surface area contributed by atoms with Gasteiger partial charge in [0, 0.05) is 11.6 Å². The Morgan fingerprint density at radius 3 is 2.55 bits per heavy atom. The lowest BCUT2D eigenvalue weighted by atomic mass is 9.96. The van der Waals surface area contributed by atoms with E-state index in [9.17, 15) is 19.5 Å². The zero-order valence-corrected chi connectivity index (χ0v) is 23.0. The van der Waals surface area contributed by atoms with E-state index in [1.54, 1.807) is 70.4 Å². The van der Waals surface area contributed by atoms with Crippen LogP contribution in [-0.4, -0.2) is 29.7 Å². The number of methoxy groups -OCH3 is 1. The molecule has 0 amide bonds. The Morgan fingerprint density at radius 1 is 1.12 bits per heavy atom. The van der Waals surface area contributed by atoms with Gasteiger partial charge in [0.05, 0.1) is 41.0 Å².